The highest BCUT2D eigenvalue weighted by molar-refractivity contribution is 6.07. The number of anilines is 3. The van der Waals surface area contributed by atoms with Gasteiger partial charge in [0, 0.05) is 35.9 Å². The largest absolute Gasteiger partial charge is 0.460 e. The number of nitrogens with zero attached hydrogens (tertiary/aromatic N) is 3. The van der Waals surface area contributed by atoms with E-state index in [2.05, 4.69) is 25.9 Å². The highest BCUT2D eigenvalue weighted by Gasteiger charge is 2.17. The smallest absolute Gasteiger partial charge is 0.255 e. The first kappa shape index (κ1) is 23.7. The molecule has 35 heavy (non-hydrogen) atoms. The third kappa shape index (κ3) is 5.74. The summed E-state index contributed by atoms with van der Waals surface area (Å²) in [6.07, 6.45) is 1.39. The highest BCUT2D eigenvalue weighted by Crippen LogP contribution is 2.31. The summed E-state index contributed by atoms with van der Waals surface area (Å²) in [5.41, 5.74) is 2.46. The monoisotopic (exact) mass is 474 g/mol. The third-order valence-corrected chi connectivity index (χ3v) is 5.03. The molecule has 0 aliphatic rings. The number of rotatable bonds is 8. The number of nitrogens with one attached hydrogen (secondary N) is 3. The number of likely N-dealkylation sites (N-methyl/N-ethyl adjacent to an activating group) is 1. The molecule has 2 heterocycles. The third-order valence-electron chi connectivity index (χ3n) is 5.03. The van der Waals surface area contributed by atoms with Gasteiger partial charge in [-0.1, -0.05) is 6.07 Å². The number of ether oxygens (including phenoxy) is 1. The Kier molecular flexibility index (Phi) is 6.93. The molecule has 10 nitrogen and oxygen atoms in total. The van der Waals surface area contributed by atoms with Crippen LogP contribution in [0.1, 0.15) is 16.1 Å². The zero-order valence-corrected chi connectivity index (χ0v) is 19.9. The second-order valence-electron chi connectivity index (χ2n) is 8.11. The van der Waals surface area contributed by atoms with Gasteiger partial charge >= 0.3 is 0 Å². The molecule has 0 unspecified atom stereocenters. The number of hydrogen-bond donors (Lipinski definition) is 3. The highest BCUT2D eigenvalue weighted by atomic mass is 16.5. The number of furan rings is 1. The number of fused-ring (bicyclic) bond motifs is 1. The van der Waals surface area contributed by atoms with E-state index >= 15 is 0 Å². The summed E-state index contributed by atoms with van der Waals surface area (Å²) in [5.74, 6) is 1.57. The van der Waals surface area contributed by atoms with Crippen LogP contribution < -0.4 is 20.7 Å². The lowest BCUT2D eigenvalue weighted by molar-refractivity contribution is -0.116. The number of carbonyl (C=O) groups is 2. The quantitative estimate of drug-likeness (QED) is 0.351. The molecule has 4 aromatic rings. The fraction of sp³-hybridized carbons (Fsp3) is 0.200. The summed E-state index contributed by atoms with van der Waals surface area (Å²) in [6.45, 7) is 2.04. The number of aromatic nitrogens is 2. The molecule has 0 spiro atoms. The summed E-state index contributed by atoms with van der Waals surface area (Å²) >= 11 is 0. The average molecular weight is 475 g/mol. The van der Waals surface area contributed by atoms with E-state index in [0.29, 0.717) is 52.0 Å². The minimum Gasteiger partial charge on any atom is -0.460 e. The van der Waals surface area contributed by atoms with Crippen LogP contribution in [0, 0.1) is 6.92 Å². The fourth-order valence-electron chi connectivity index (χ4n) is 3.56. The van der Waals surface area contributed by atoms with Gasteiger partial charge in [-0.05, 0) is 51.4 Å². The number of amides is 2. The predicted octanol–water partition coefficient (Wildman–Crippen LogP) is 3.93. The summed E-state index contributed by atoms with van der Waals surface area (Å²) in [5, 5.41) is 9.38. The standard InChI is InChI=1S/C25H26N6O4/c1-15-24(25(33)26-2)19-9-8-18(11-20(19)34-15)35-23-12-21(27-14-28-23)29-16-6-5-7-17(10-16)30-22(32)13-31(3)4/h5-12,14H,13H2,1-4H3,(H,26,33)(H,30,32)(H,27,28,29). The zero-order chi connectivity index (χ0) is 24.9. The van der Waals surface area contributed by atoms with Crippen LogP contribution in [0.2, 0.25) is 0 Å². The molecule has 0 bridgehead atoms. The average Bonchev–Trinajstić information content (AvgIpc) is 3.13. The van der Waals surface area contributed by atoms with Crippen LogP contribution in [-0.4, -0.2) is 54.4 Å². The first-order valence-corrected chi connectivity index (χ1v) is 10.9. The first-order chi connectivity index (χ1) is 16.8. The van der Waals surface area contributed by atoms with Crippen molar-refractivity contribution in [2.75, 3.05) is 38.3 Å². The van der Waals surface area contributed by atoms with Crippen LogP contribution in [0.15, 0.2) is 59.3 Å². The van der Waals surface area contributed by atoms with E-state index in [1.165, 1.54) is 6.33 Å². The molecule has 3 N–H and O–H groups in total. The van der Waals surface area contributed by atoms with Crippen LogP contribution in [0.3, 0.4) is 0 Å². The van der Waals surface area contributed by atoms with Crippen molar-refractivity contribution in [1.82, 2.24) is 20.2 Å². The molecule has 0 saturated carbocycles. The normalized spacial score (nSPS) is 10.9. The second kappa shape index (κ2) is 10.2. The SMILES string of the molecule is CNC(=O)c1c(C)oc2cc(Oc3cc(Nc4cccc(NC(=O)CN(C)C)c4)ncn3)ccc12. The molecular weight excluding hydrogens is 448 g/mol. The van der Waals surface area contributed by atoms with E-state index in [0.717, 1.165) is 5.69 Å². The number of hydrogen-bond acceptors (Lipinski definition) is 8. The molecule has 2 amide bonds. The van der Waals surface area contributed by atoms with Crippen molar-refractivity contribution in [3.63, 3.8) is 0 Å². The van der Waals surface area contributed by atoms with E-state index in [1.54, 1.807) is 43.1 Å². The molecule has 0 aliphatic heterocycles. The van der Waals surface area contributed by atoms with Crippen LogP contribution in [0.25, 0.3) is 11.0 Å². The second-order valence-corrected chi connectivity index (χ2v) is 8.11. The molecule has 180 valence electrons. The van der Waals surface area contributed by atoms with Gasteiger partial charge in [-0.3, -0.25) is 9.59 Å². The molecule has 0 atom stereocenters. The summed E-state index contributed by atoms with van der Waals surface area (Å²) in [6, 6.07) is 14.2. The topological polar surface area (TPSA) is 122 Å². The Morgan fingerprint density at radius 3 is 2.63 bits per heavy atom. The van der Waals surface area contributed by atoms with E-state index in [1.807, 2.05) is 38.4 Å². The molecule has 0 aliphatic carbocycles. The first-order valence-electron chi connectivity index (χ1n) is 10.9. The summed E-state index contributed by atoms with van der Waals surface area (Å²) in [7, 11) is 5.25. The number of benzene rings is 2. The summed E-state index contributed by atoms with van der Waals surface area (Å²) in [4.78, 5) is 34.4. The predicted molar refractivity (Wildman–Crippen MR) is 133 cm³/mol. The Morgan fingerprint density at radius 2 is 1.86 bits per heavy atom. The van der Waals surface area contributed by atoms with Gasteiger partial charge in [0.25, 0.3) is 5.91 Å². The van der Waals surface area contributed by atoms with Gasteiger partial charge in [0.2, 0.25) is 11.8 Å². The maximum Gasteiger partial charge on any atom is 0.255 e. The van der Waals surface area contributed by atoms with Crippen molar-refractivity contribution in [2.45, 2.75) is 6.92 Å². The molecule has 10 heteroatoms. The zero-order valence-electron chi connectivity index (χ0n) is 19.9. The molecule has 2 aromatic carbocycles. The van der Waals surface area contributed by atoms with Crippen molar-refractivity contribution in [1.29, 1.82) is 0 Å². The number of aryl methyl sites for hydroxylation is 1. The van der Waals surface area contributed by atoms with Gasteiger partial charge in [-0.25, -0.2) is 9.97 Å². The van der Waals surface area contributed by atoms with E-state index in [-0.39, 0.29) is 11.8 Å². The Labute approximate surface area is 202 Å². The molecule has 2 aromatic heterocycles. The van der Waals surface area contributed by atoms with Crippen molar-refractivity contribution in [3.05, 3.63) is 66.2 Å². The van der Waals surface area contributed by atoms with Gasteiger partial charge in [0.15, 0.2) is 0 Å². The van der Waals surface area contributed by atoms with Gasteiger partial charge < -0.3 is 30.0 Å². The Hall–Kier alpha value is -4.44. The molecule has 0 fully saturated rings. The van der Waals surface area contributed by atoms with Crippen LogP contribution in [0.4, 0.5) is 17.2 Å². The van der Waals surface area contributed by atoms with Crippen molar-refractivity contribution in [3.8, 4) is 11.6 Å². The number of carbonyl (C=O) groups excluding carboxylic acids is 2. The van der Waals surface area contributed by atoms with E-state index in [9.17, 15) is 9.59 Å². The minimum atomic E-state index is -0.206. The fourth-order valence-corrected chi connectivity index (χ4v) is 3.56. The van der Waals surface area contributed by atoms with Crippen molar-refractivity contribution < 1.29 is 18.7 Å². The minimum absolute atomic E-state index is 0.101. The summed E-state index contributed by atoms with van der Waals surface area (Å²) < 4.78 is 11.6. The van der Waals surface area contributed by atoms with Crippen LogP contribution in [0.5, 0.6) is 11.6 Å². The van der Waals surface area contributed by atoms with Gasteiger partial charge in [0.1, 0.15) is 29.2 Å². The Morgan fingerprint density at radius 1 is 1.06 bits per heavy atom. The van der Waals surface area contributed by atoms with Crippen molar-refractivity contribution in [2.24, 2.45) is 0 Å². The molecule has 4 rings (SSSR count). The van der Waals surface area contributed by atoms with Gasteiger partial charge in [0.05, 0.1) is 12.1 Å². The molecule has 0 saturated heterocycles. The maximum atomic E-state index is 12.1. The van der Waals surface area contributed by atoms with Gasteiger partial charge in [-0.2, -0.15) is 0 Å². The van der Waals surface area contributed by atoms with E-state index in [4.69, 9.17) is 9.15 Å². The lowest BCUT2D eigenvalue weighted by atomic mass is 10.1. The van der Waals surface area contributed by atoms with E-state index < -0.39 is 0 Å². The molecular formula is C25H26N6O4. The van der Waals surface area contributed by atoms with Crippen molar-refractivity contribution >= 4 is 40.0 Å². The van der Waals surface area contributed by atoms with Gasteiger partial charge in [-0.15, -0.1) is 0 Å². The van der Waals surface area contributed by atoms with Crippen LogP contribution in [-0.2, 0) is 4.79 Å². The lowest BCUT2D eigenvalue weighted by Crippen LogP contribution is -2.27. The lowest BCUT2D eigenvalue weighted by Gasteiger charge is -2.12. The van der Waals surface area contributed by atoms with Crippen LogP contribution >= 0.6 is 0 Å². The Balaban J connectivity index is 1.48. The molecule has 0 radical (unpaired) electrons. The Bertz CT molecular complexity index is 1380. The maximum absolute atomic E-state index is 12.1.